The minimum absolute atomic E-state index is 0.642. The number of ether oxygens (including phenoxy) is 1. The van der Waals surface area contributed by atoms with Crippen LogP contribution in [0.5, 0.6) is 0 Å². The molecule has 0 bridgehead atoms. The van der Waals surface area contributed by atoms with Gasteiger partial charge in [0, 0.05) is 51.7 Å². The van der Waals surface area contributed by atoms with Crippen LogP contribution in [0, 0.1) is 6.92 Å². The predicted molar refractivity (Wildman–Crippen MR) is 98.0 cm³/mol. The predicted octanol–water partition coefficient (Wildman–Crippen LogP) is 2.17. The quantitative estimate of drug-likeness (QED) is 0.821. The van der Waals surface area contributed by atoms with Gasteiger partial charge in [-0.15, -0.1) is 0 Å². The lowest BCUT2D eigenvalue weighted by atomic mass is 10.2. The van der Waals surface area contributed by atoms with Crippen LogP contribution in [0.3, 0.4) is 0 Å². The number of hydrogen-bond acceptors (Lipinski definition) is 6. The topological polar surface area (TPSA) is 53.5 Å². The molecule has 6 heteroatoms. The minimum Gasteiger partial charge on any atom is -0.383 e. The first-order valence-corrected chi connectivity index (χ1v) is 8.38. The number of aromatic nitrogens is 2. The summed E-state index contributed by atoms with van der Waals surface area (Å²) < 4.78 is 5.04. The van der Waals surface area contributed by atoms with Gasteiger partial charge in [0.1, 0.15) is 5.82 Å². The maximum Gasteiger partial charge on any atom is 0.224 e. The molecular formula is C18H25N5O. The summed E-state index contributed by atoms with van der Waals surface area (Å²) >= 11 is 0. The monoisotopic (exact) mass is 327 g/mol. The molecule has 1 aliphatic rings. The number of piperazine rings is 1. The summed E-state index contributed by atoms with van der Waals surface area (Å²) in [5.41, 5.74) is 2.61. The van der Waals surface area contributed by atoms with Crippen molar-refractivity contribution >= 4 is 17.5 Å². The molecule has 0 amide bonds. The van der Waals surface area contributed by atoms with Crippen molar-refractivity contribution in [2.24, 2.45) is 0 Å². The third-order valence-corrected chi connectivity index (χ3v) is 4.20. The van der Waals surface area contributed by atoms with Crippen LogP contribution < -0.4 is 15.1 Å². The summed E-state index contributed by atoms with van der Waals surface area (Å²) in [6.45, 7) is 7.41. The zero-order valence-corrected chi connectivity index (χ0v) is 14.4. The summed E-state index contributed by atoms with van der Waals surface area (Å²) in [6.07, 6.45) is 1.81. The van der Waals surface area contributed by atoms with Gasteiger partial charge in [-0.05, 0) is 30.7 Å². The van der Waals surface area contributed by atoms with Crippen molar-refractivity contribution in [2.75, 3.05) is 61.6 Å². The van der Waals surface area contributed by atoms with Gasteiger partial charge in [0.2, 0.25) is 5.95 Å². The largest absolute Gasteiger partial charge is 0.383 e. The number of hydrogen-bond donors (Lipinski definition) is 1. The molecule has 2 aromatic rings. The molecule has 1 aliphatic heterocycles. The first kappa shape index (κ1) is 16.5. The van der Waals surface area contributed by atoms with Crippen LogP contribution >= 0.6 is 0 Å². The van der Waals surface area contributed by atoms with Crippen molar-refractivity contribution in [1.82, 2.24) is 9.97 Å². The number of nitrogens with one attached hydrogen (secondary N) is 1. The first-order valence-electron chi connectivity index (χ1n) is 8.38. The maximum atomic E-state index is 5.04. The van der Waals surface area contributed by atoms with Gasteiger partial charge in [-0.3, -0.25) is 0 Å². The van der Waals surface area contributed by atoms with Gasteiger partial charge in [-0.2, -0.15) is 4.98 Å². The van der Waals surface area contributed by atoms with Gasteiger partial charge >= 0.3 is 0 Å². The van der Waals surface area contributed by atoms with Crippen molar-refractivity contribution in [1.29, 1.82) is 0 Å². The highest BCUT2D eigenvalue weighted by atomic mass is 16.5. The van der Waals surface area contributed by atoms with Crippen molar-refractivity contribution in [3.05, 3.63) is 42.1 Å². The molecule has 0 radical (unpaired) electrons. The molecule has 0 unspecified atom stereocenters. The zero-order chi connectivity index (χ0) is 16.8. The van der Waals surface area contributed by atoms with E-state index in [0.717, 1.165) is 32.0 Å². The maximum absolute atomic E-state index is 5.04. The zero-order valence-electron chi connectivity index (χ0n) is 14.4. The Morgan fingerprint density at radius 2 is 1.92 bits per heavy atom. The summed E-state index contributed by atoms with van der Waals surface area (Å²) in [5.74, 6) is 1.64. The standard InChI is InChI=1S/C18H25N5O/c1-15-4-3-5-16(14-15)22-9-11-23(12-10-22)17-6-7-19-18(21-17)20-8-13-24-2/h3-7,14H,8-13H2,1-2H3,(H,19,20,21). The average Bonchev–Trinajstić information content (AvgIpc) is 2.62. The van der Waals surface area contributed by atoms with Crippen LogP contribution in [-0.4, -0.2) is 56.4 Å². The number of anilines is 3. The summed E-state index contributed by atoms with van der Waals surface area (Å²) in [4.78, 5) is 13.6. The van der Waals surface area contributed by atoms with Crippen molar-refractivity contribution < 1.29 is 4.74 Å². The number of rotatable bonds is 6. The van der Waals surface area contributed by atoms with E-state index in [-0.39, 0.29) is 0 Å². The normalized spacial score (nSPS) is 14.8. The molecule has 1 fully saturated rings. The number of methoxy groups -OCH3 is 1. The van der Waals surface area contributed by atoms with E-state index < -0.39 is 0 Å². The minimum atomic E-state index is 0.642. The number of nitrogens with zero attached hydrogens (tertiary/aromatic N) is 4. The Morgan fingerprint density at radius 3 is 2.67 bits per heavy atom. The van der Waals surface area contributed by atoms with E-state index in [0.29, 0.717) is 19.1 Å². The molecule has 1 aromatic heterocycles. The van der Waals surface area contributed by atoms with Crippen molar-refractivity contribution in [3.63, 3.8) is 0 Å². The molecule has 128 valence electrons. The van der Waals surface area contributed by atoms with Crippen molar-refractivity contribution in [3.8, 4) is 0 Å². The fourth-order valence-electron chi connectivity index (χ4n) is 2.89. The lowest BCUT2D eigenvalue weighted by molar-refractivity contribution is 0.210. The van der Waals surface area contributed by atoms with Crippen LogP contribution in [-0.2, 0) is 4.74 Å². The van der Waals surface area contributed by atoms with Crippen LogP contribution in [0.1, 0.15) is 5.56 Å². The molecule has 0 spiro atoms. The number of aryl methyl sites for hydroxylation is 1. The van der Waals surface area contributed by atoms with E-state index in [1.165, 1.54) is 11.3 Å². The van der Waals surface area contributed by atoms with Crippen molar-refractivity contribution in [2.45, 2.75) is 6.92 Å². The molecule has 0 saturated carbocycles. The molecule has 2 heterocycles. The highest BCUT2D eigenvalue weighted by Gasteiger charge is 2.18. The molecular weight excluding hydrogens is 302 g/mol. The van der Waals surface area contributed by atoms with Gasteiger partial charge < -0.3 is 19.9 Å². The second kappa shape index (κ2) is 7.97. The fraction of sp³-hybridized carbons (Fsp3) is 0.444. The Kier molecular flexibility index (Phi) is 5.48. The fourth-order valence-corrected chi connectivity index (χ4v) is 2.89. The van der Waals surface area contributed by atoms with E-state index in [9.17, 15) is 0 Å². The Labute approximate surface area is 143 Å². The van der Waals surface area contributed by atoms with E-state index in [2.05, 4.69) is 56.3 Å². The van der Waals surface area contributed by atoms with Gasteiger partial charge in [-0.1, -0.05) is 12.1 Å². The number of benzene rings is 1. The molecule has 24 heavy (non-hydrogen) atoms. The summed E-state index contributed by atoms with van der Waals surface area (Å²) in [7, 11) is 1.69. The molecule has 1 saturated heterocycles. The van der Waals surface area contributed by atoms with Crippen LogP contribution in [0.2, 0.25) is 0 Å². The molecule has 0 aliphatic carbocycles. The van der Waals surface area contributed by atoms with Crippen LogP contribution in [0.15, 0.2) is 36.5 Å². The molecule has 1 N–H and O–H groups in total. The van der Waals surface area contributed by atoms with E-state index in [4.69, 9.17) is 4.74 Å². The summed E-state index contributed by atoms with van der Waals surface area (Å²) in [5, 5.41) is 3.18. The molecule has 0 atom stereocenters. The highest BCUT2D eigenvalue weighted by Crippen LogP contribution is 2.20. The van der Waals surface area contributed by atoms with Gasteiger partial charge in [0.05, 0.1) is 6.61 Å². The van der Waals surface area contributed by atoms with E-state index >= 15 is 0 Å². The SMILES string of the molecule is COCCNc1nccc(N2CCN(c3cccc(C)c3)CC2)n1. The van der Waals surface area contributed by atoms with Crippen LogP contribution in [0.4, 0.5) is 17.5 Å². The van der Waals surface area contributed by atoms with Gasteiger partial charge in [-0.25, -0.2) is 4.98 Å². The second-order valence-corrected chi connectivity index (χ2v) is 5.97. The summed E-state index contributed by atoms with van der Waals surface area (Å²) in [6, 6.07) is 10.7. The van der Waals surface area contributed by atoms with Gasteiger partial charge in [0.15, 0.2) is 0 Å². The molecule has 3 rings (SSSR count). The van der Waals surface area contributed by atoms with Gasteiger partial charge in [0.25, 0.3) is 0 Å². The third-order valence-electron chi connectivity index (χ3n) is 4.20. The smallest absolute Gasteiger partial charge is 0.224 e. The lowest BCUT2D eigenvalue weighted by Gasteiger charge is -2.36. The Morgan fingerprint density at radius 1 is 1.12 bits per heavy atom. The Hall–Kier alpha value is -2.34. The van der Waals surface area contributed by atoms with E-state index in [1.807, 2.05) is 12.3 Å². The average molecular weight is 327 g/mol. The highest BCUT2D eigenvalue weighted by molar-refractivity contribution is 5.51. The van der Waals surface area contributed by atoms with Crippen LogP contribution in [0.25, 0.3) is 0 Å². The van der Waals surface area contributed by atoms with E-state index in [1.54, 1.807) is 7.11 Å². The second-order valence-electron chi connectivity index (χ2n) is 5.97. The molecule has 6 nitrogen and oxygen atoms in total. The third kappa shape index (κ3) is 4.14. The Bertz CT molecular complexity index is 655. The molecule has 1 aromatic carbocycles. The first-order chi connectivity index (χ1) is 11.8. The Balaban J connectivity index is 1.59. The lowest BCUT2D eigenvalue weighted by Crippen LogP contribution is -2.46.